The number of hydrogen-bond acceptors (Lipinski definition) is 2. The van der Waals surface area contributed by atoms with Gasteiger partial charge in [0.15, 0.2) is 0 Å². The molecule has 2 aliphatic heterocycles. The fraction of sp³-hybridized carbons (Fsp3) is 0. The second kappa shape index (κ2) is 3.83. The van der Waals surface area contributed by atoms with E-state index in [4.69, 9.17) is 0 Å². The van der Waals surface area contributed by atoms with Crippen molar-refractivity contribution in [3.8, 4) is 11.4 Å². The summed E-state index contributed by atoms with van der Waals surface area (Å²) in [5, 5.41) is 11.8. The highest BCUT2D eigenvalue weighted by Crippen LogP contribution is 2.28. The summed E-state index contributed by atoms with van der Waals surface area (Å²) < 4.78 is 4.18. The first-order valence-corrected chi connectivity index (χ1v) is 8.49. The average molecular weight is 318 g/mol. The Hall–Kier alpha value is -3.34. The Morgan fingerprint density at radius 2 is 1.16 bits per heavy atom. The van der Waals surface area contributed by atoms with Gasteiger partial charge in [0, 0.05) is 10.8 Å². The molecule has 5 aromatic rings. The van der Waals surface area contributed by atoms with E-state index < -0.39 is 0 Å². The zero-order valence-corrected chi connectivity index (χ0v) is 13.2. The molecule has 114 valence electrons. The lowest BCUT2D eigenvalue weighted by Crippen LogP contribution is -2.59. The van der Waals surface area contributed by atoms with Gasteiger partial charge in [0.25, 0.3) is 6.71 Å². The van der Waals surface area contributed by atoms with Crippen molar-refractivity contribution in [2.45, 2.75) is 0 Å². The molecule has 25 heavy (non-hydrogen) atoms. The van der Waals surface area contributed by atoms with Gasteiger partial charge < -0.3 is 0 Å². The molecule has 0 amide bonds. The molecule has 0 bridgehead atoms. The maximum Gasteiger partial charge on any atom is 0.252 e. The quantitative estimate of drug-likeness (QED) is 0.397. The third kappa shape index (κ3) is 1.22. The standard InChI is InChI=1S/C20H11BN4/c1-4-12-10-22-24-16-8-3-9-17-18(16)21(14(6-1)19(12)24)15-7-2-5-13-11-23-25(17)20(13)15/h1-11H. The van der Waals surface area contributed by atoms with Crippen LogP contribution in [0.4, 0.5) is 0 Å². The SMILES string of the molecule is c1cc2c3c(c1)-n1ncc4cccc(c41)B3c1cccc3cnn-2c13. The molecular weight excluding hydrogens is 307 g/mol. The summed E-state index contributed by atoms with van der Waals surface area (Å²) in [6, 6.07) is 19.5. The Morgan fingerprint density at radius 1 is 0.640 bits per heavy atom. The van der Waals surface area contributed by atoms with Crippen LogP contribution in [0.5, 0.6) is 0 Å². The van der Waals surface area contributed by atoms with Crippen LogP contribution in [-0.4, -0.2) is 26.3 Å². The molecule has 0 atom stereocenters. The van der Waals surface area contributed by atoms with E-state index in [1.54, 1.807) is 0 Å². The van der Waals surface area contributed by atoms with Crippen LogP contribution in [0.15, 0.2) is 67.0 Å². The van der Waals surface area contributed by atoms with Gasteiger partial charge in [0.1, 0.15) is 0 Å². The van der Waals surface area contributed by atoms with E-state index in [2.05, 4.69) is 74.2 Å². The molecule has 4 heterocycles. The lowest BCUT2D eigenvalue weighted by Gasteiger charge is -2.31. The highest BCUT2D eigenvalue weighted by Gasteiger charge is 2.39. The Labute approximate surface area is 143 Å². The minimum absolute atomic E-state index is 0.229. The molecule has 0 saturated carbocycles. The second-order valence-electron chi connectivity index (χ2n) is 6.83. The average Bonchev–Trinajstić information content (AvgIpc) is 3.28. The van der Waals surface area contributed by atoms with Gasteiger partial charge in [-0.25, -0.2) is 9.36 Å². The van der Waals surface area contributed by atoms with Crippen LogP contribution in [0, 0.1) is 0 Å². The van der Waals surface area contributed by atoms with Gasteiger partial charge in [0.2, 0.25) is 0 Å². The molecule has 0 fully saturated rings. The molecule has 0 unspecified atom stereocenters. The maximum absolute atomic E-state index is 4.68. The van der Waals surface area contributed by atoms with Crippen LogP contribution in [0.2, 0.25) is 0 Å². The van der Waals surface area contributed by atoms with Gasteiger partial charge in [-0.2, -0.15) is 10.2 Å². The number of para-hydroxylation sites is 2. The molecule has 2 aromatic heterocycles. The molecule has 0 N–H and O–H groups in total. The molecule has 4 nitrogen and oxygen atoms in total. The summed E-state index contributed by atoms with van der Waals surface area (Å²) in [6.07, 6.45) is 3.93. The normalized spacial score (nSPS) is 13.5. The van der Waals surface area contributed by atoms with E-state index in [1.807, 2.05) is 12.4 Å². The third-order valence-corrected chi connectivity index (χ3v) is 5.67. The zero-order chi connectivity index (χ0) is 16.1. The van der Waals surface area contributed by atoms with Crippen molar-refractivity contribution < 1.29 is 0 Å². The molecule has 0 aliphatic carbocycles. The summed E-state index contributed by atoms with van der Waals surface area (Å²) in [4.78, 5) is 0. The first-order valence-electron chi connectivity index (χ1n) is 8.49. The van der Waals surface area contributed by atoms with Gasteiger partial charge in [0.05, 0.1) is 34.8 Å². The van der Waals surface area contributed by atoms with Crippen LogP contribution in [0.1, 0.15) is 0 Å². The fourth-order valence-electron chi connectivity index (χ4n) is 4.73. The van der Waals surface area contributed by atoms with Crippen LogP contribution in [-0.2, 0) is 0 Å². The molecule has 3 aromatic carbocycles. The van der Waals surface area contributed by atoms with Gasteiger partial charge in [-0.3, -0.25) is 0 Å². The van der Waals surface area contributed by atoms with Crippen molar-refractivity contribution >= 4 is 44.9 Å². The number of benzene rings is 3. The maximum atomic E-state index is 4.68. The van der Waals surface area contributed by atoms with Gasteiger partial charge in [-0.05, 0) is 28.5 Å². The third-order valence-electron chi connectivity index (χ3n) is 5.67. The van der Waals surface area contributed by atoms with E-state index in [9.17, 15) is 0 Å². The van der Waals surface area contributed by atoms with Crippen molar-refractivity contribution in [3.05, 3.63) is 67.0 Å². The smallest absolute Gasteiger partial charge is 0.234 e. The van der Waals surface area contributed by atoms with E-state index >= 15 is 0 Å². The topological polar surface area (TPSA) is 35.6 Å². The molecule has 5 heteroatoms. The van der Waals surface area contributed by atoms with E-state index in [1.165, 1.54) is 38.2 Å². The minimum atomic E-state index is 0.229. The number of hydrogen-bond donors (Lipinski definition) is 0. The van der Waals surface area contributed by atoms with Crippen molar-refractivity contribution in [1.29, 1.82) is 0 Å². The number of rotatable bonds is 0. The molecular formula is C20H11BN4. The van der Waals surface area contributed by atoms with Gasteiger partial charge in [-0.15, -0.1) is 0 Å². The Morgan fingerprint density at radius 3 is 1.72 bits per heavy atom. The molecule has 7 rings (SSSR count). The Kier molecular flexibility index (Phi) is 1.85. The lowest BCUT2D eigenvalue weighted by atomic mass is 9.34. The summed E-state index contributed by atoms with van der Waals surface area (Å²) in [5.74, 6) is 0. The Balaban J connectivity index is 1.79. The predicted molar refractivity (Wildman–Crippen MR) is 100 cm³/mol. The minimum Gasteiger partial charge on any atom is -0.234 e. The van der Waals surface area contributed by atoms with Crippen LogP contribution in [0.3, 0.4) is 0 Å². The van der Waals surface area contributed by atoms with Crippen molar-refractivity contribution in [1.82, 2.24) is 19.6 Å². The van der Waals surface area contributed by atoms with Crippen molar-refractivity contribution in [2.75, 3.05) is 0 Å². The van der Waals surface area contributed by atoms with Gasteiger partial charge in [-0.1, -0.05) is 42.5 Å². The fourth-order valence-corrected chi connectivity index (χ4v) is 4.73. The van der Waals surface area contributed by atoms with E-state index in [-0.39, 0.29) is 6.71 Å². The zero-order valence-electron chi connectivity index (χ0n) is 13.2. The Bertz CT molecular complexity index is 1260. The summed E-state index contributed by atoms with van der Waals surface area (Å²) >= 11 is 0. The van der Waals surface area contributed by atoms with Gasteiger partial charge >= 0.3 is 0 Å². The number of fused-ring (bicyclic) bond motifs is 4. The highest BCUT2D eigenvalue weighted by atomic mass is 15.3. The first kappa shape index (κ1) is 12.1. The summed E-state index contributed by atoms with van der Waals surface area (Å²) in [7, 11) is 0. The predicted octanol–water partition coefficient (Wildman–Crippen LogP) is 1.51. The molecule has 0 saturated heterocycles. The highest BCUT2D eigenvalue weighted by molar-refractivity contribution is 7.00. The molecule has 0 spiro atoms. The van der Waals surface area contributed by atoms with Crippen molar-refractivity contribution in [2.24, 2.45) is 0 Å². The molecule has 0 radical (unpaired) electrons. The van der Waals surface area contributed by atoms with Crippen LogP contribution >= 0.6 is 0 Å². The summed E-state index contributed by atoms with van der Waals surface area (Å²) in [6.45, 7) is 0.229. The summed E-state index contributed by atoms with van der Waals surface area (Å²) in [5.41, 5.74) is 8.73. The second-order valence-corrected chi connectivity index (χ2v) is 6.83. The monoisotopic (exact) mass is 318 g/mol. The van der Waals surface area contributed by atoms with Crippen LogP contribution in [0.25, 0.3) is 33.2 Å². The largest absolute Gasteiger partial charge is 0.252 e. The number of aromatic nitrogens is 4. The molecule has 2 aliphatic rings. The lowest BCUT2D eigenvalue weighted by molar-refractivity contribution is 0.891. The first-order chi connectivity index (χ1) is 12.4. The van der Waals surface area contributed by atoms with Crippen molar-refractivity contribution in [3.63, 3.8) is 0 Å². The van der Waals surface area contributed by atoms with E-state index in [0.29, 0.717) is 0 Å². The van der Waals surface area contributed by atoms with E-state index in [0.717, 1.165) is 11.4 Å². The number of nitrogens with zero attached hydrogens (tertiary/aromatic N) is 4. The van der Waals surface area contributed by atoms with Crippen LogP contribution < -0.4 is 16.4 Å².